The van der Waals surface area contributed by atoms with Gasteiger partial charge in [-0.25, -0.2) is 0 Å². The van der Waals surface area contributed by atoms with Crippen LogP contribution in [0.1, 0.15) is 52.4 Å². The molecule has 0 amide bonds. The zero-order valence-electron chi connectivity index (χ0n) is 10.9. The lowest BCUT2D eigenvalue weighted by Crippen LogP contribution is -2.51. The zero-order chi connectivity index (χ0) is 11.8. The molecular weight excluding hydrogens is 200 g/mol. The van der Waals surface area contributed by atoms with Gasteiger partial charge in [-0.3, -0.25) is 0 Å². The molecule has 0 aromatic carbocycles. The smallest absolute Gasteiger partial charge is 0.0754 e. The van der Waals surface area contributed by atoms with Gasteiger partial charge in [-0.1, -0.05) is 33.1 Å². The van der Waals surface area contributed by atoms with Crippen molar-refractivity contribution < 1.29 is 4.74 Å². The summed E-state index contributed by atoms with van der Waals surface area (Å²) in [6, 6.07) is 0.200. The van der Waals surface area contributed by atoms with Crippen LogP contribution >= 0.6 is 0 Å². The van der Waals surface area contributed by atoms with Crippen molar-refractivity contribution in [3.8, 4) is 0 Å². The van der Waals surface area contributed by atoms with Gasteiger partial charge in [-0.05, 0) is 25.8 Å². The third kappa shape index (κ3) is 4.40. The van der Waals surface area contributed by atoms with Crippen LogP contribution in [0.3, 0.4) is 0 Å². The molecule has 16 heavy (non-hydrogen) atoms. The van der Waals surface area contributed by atoms with Gasteiger partial charge in [0.1, 0.15) is 0 Å². The van der Waals surface area contributed by atoms with Crippen molar-refractivity contribution in [2.24, 2.45) is 5.73 Å². The Morgan fingerprint density at radius 2 is 1.75 bits per heavy atom. The van der Waals surface area contributed by atoms with Crippen molar-refractivity contribution in [1.29, 1.82) is 0 Å². The Bertz CT molecular complexity index is 169. The van der Waals surface area contributed by atoms with Crippen molar-refractivity contribution in [3.63, 3.8) is 0 Å². The Morgan fingerprint density at radius 1 is 1.06 bits per heavy atom. The topological polar surface area (TPSA) is 47.3 Å². The van der Waals surface area contributed by atoms with Crippen LogP contribution in [0.4, 0.5) is 0 Å². The van der Waals surface area contributed by atoms with Gasteiger partial charge in [0.15, 0.2) is 0 Å². The van der Waals surface area contributed by atoms with Crippen molar-refractivity contribution in [2.45, 2.75) is 70.6 Å². The van der Waals surface area contributed by atoms with E-state index in [1.165, 1.54) is 32.1 Å². The first-order valence-corrected chi connectivity index (χ1v) is 6.98. The predicted octanol–water partition coefficient (Wildman–Crippen LogP) is 2.05. The monoisotopic (exact) mass is 228 g/mol. The van der Waals surface area contributed by atoms with Crippen LogP contribution < -0.4 is 11.1 Å². The SMILES string of the molecule is CC.NC1CNCCC1OC1CCCCC1. The van der Waals surface area contributed by atoms with Gasteiger partial charge >= 0.3 is 0 Å². The molecule has 0 radical (unpaired) electrons. The van der Waals surface area contributed by atoms with Gasteiger partial charge in [0.05, 0.1) is 12.2 Å². The Labute approximate surface area is 100 Å². The van der Waals surface area contributed by atoms with Crippen molar-refractivity contribution in [2.75, 3.05) is 13.1 Å². The van der Waals surface area contributed by atoms with E-state index in [4.69, 9.17) is 10.5 Å². The molecule has 3 heteroatoms. The molecule has 1 aliphatic heterocycles. The standard InChI is InChI=1S/C11H22N2O.C2H6/c12-10-8-13-7-6-11(10)14-9-4-2-1-3-5-9;1-2/h9-11,13H,1-8,12H2;1-2H3. The second-order valence-electron chi connectivity index (χ2n) is 4.59. The van der Waals surface area contributed by atoms with Gasteiger partial charge < -0.3 is 15.8 Å². The summed E-state index contributed by atoms with van der Waals surface area (Å²) < 4.78 is 6.08. The Hall–Kier alpha value is -0.120. The Balaban J connectivity index is 0.000000606. The summed E-state index contributed by atoms with van der Waals surface area (Å²) in [4.78, 5) is 0. The first kappa shape index (κ1) is 13.9. The highest BCUT2D eigenvalue weighted by atomic mass is 16.5. The fraction of sp³-hybridized carbons (Fsp3) is 1.00. The lowest BCUT2D eigenvalue weighted by molar-refractivity contribution is -0.0504. The highest BCUT2D eigenvalue weighted by Crippen LogP contribution is 2.23. The van der Waals surface area contributed by atoms with Crippen LogP contribution in [0.5, 0.6) is 0 Å². The highest BCUT2D eigenvalue weighted by Gasteiger charge is 2.25. The normalized spacial score (nSPS) is 31.7. The molecule has 1 aliphatic carbocycles. The Kier molecular flexibility index (Phi) is 7.01. The lowest BCUT2D eigenvalue weighted by Gasteiger charge is -2.34. The zero-order valence-corrected chi connectivity index (χ0v) is 10.9. The Morgan fingerprint density at radius 3 is 2.38 bits per heavy atom. The minimum absolute atomic E-state index is 0.200. The largest absolute Gasteiger partial charge is 0.373 e. The van der Waals surface area contributed by atoms with E-state index < -0.39 is 0 Å². The quantitative estimate of drug-likeness (QED) is 0.760. The average molecular weight is 228 g/mol. The number of nitrogens with two attached hydrogens (primary N) is 1. The van der Waals surface area contributed by atoms with Gasteiger partial charge in [0, 0.05) is 12.6 Å². The molecule has 0 spiro atoms. The predicted molar refractivity (Wildman–Crippen MR) is 68.6 cm³/mol. The van der Waals surface area contributed by atoms with Gasteiger partial charge in [-0.15, -0.1) is 0 Å². The molecule has 3 nitrogen and oxygen atoms in total. The fourth-order valence-electron chi connectivity index (χ4n) is 2.48. The summed E-state index contributed by atoms with van der Waals surface area (Å²) >= 11 is 0. The fourth-order valence-corrected chi connectivity index (χ4v) is 2.48. The van der Waals surface area contributed by atoms with Crippen LogP contribution in [0.25, 0.3) is 0 Å². The lowest BCUT2D eigenvalue weighted by atomic mass is 9.96. The minimum Gasteiger partial charge on any atom is -0.373 e. The molecule has 1 saturated carbocycles. The van der Waals surface area contributed by atoms with Crippen molar-refractivity contribution in [1.82, 2.24) is 5.32 Å². The number of nitrogens with one attached hydrogen (secondary N) is 1. The number of rotatable bonds is 2. The molecule has 1 saturated heterocycles. The number of ether oxygens (including phenoxy) is 1. The minimum atomic E-state index is 0.200. The molecule has 1 heterocycles. The second-order valence-corrected chi connectivity index (χ2v) is 4.59. The molecule has 0 bridgehead atoms. The molecule has 2 atom stereocenters. The van der Waals surface area contributed by atoms with E-state index in [-0.39, 0.29) is 6.04 Å². The summed E-state index contributed by atoms with van der Waals surface area (Å²) in [7, 11) is 0. The summed E-state index contributed by atoms with van der Waals surface area (Å²) in [5.41, 5.74) is 6.01. The summed E-state index contributed by atoms with van der Waals surface area (Å²) in [6.07, 6.45) is 8.44. The van der Waals surface area contributed by atoms with E-state index in [0.717, 1.165) is 19.5 Å². The van der Waals surface area contributed by atoms with Crippen LogP contribution in [-0.4, -0.2) is 31.3 Å². The number of hydrogen-bond donors (Lipinski definition) is 2. The molecule has 2 unspecified atom stereocenters. The molecule has 3 N–H and O–H groups in total. The average Bonchev–Trinajstić information content (AvgIpc) is 2.36. The second kappa shape index (κ2) is 8.04. The first-order chi connectivity index (χ1) is 7.86. The van der Waals surface area contributed by atoms with Crippen LogP contribution in [-0.2, 0) is 4.74 Å². The third-order valence-electron chi connectivity index (χ3n) is 3.38. The van der Waals surface area contributed by atoms with E-state index in [2.05, 4.69) is 5.32 Å². The summed E-state index contributed by atoms with van der Waals surface area (Å²) in [6.45, 7) is 5.97. The van der Waals surface area contributed by atoms with E-state index in [1.54, 1.807) is 0 Å². The maximum Gasteiger partial charge on any atom is 0.0754 e. The van der Waals surface area contributed by atoms with E-state index in [0.29, 0.717) is 12.2 Å². The maximum atomic E-state index is 6.08. The van der Waals surface area contributed by atoms with Crippen LogP contribution in [0, 0.1) is 0 Å². The highest BCUT2D eigenvalue weighted by molar-refractivity contribution is 4.83. The van der Waals surface area contributed by atoms with Crippen LogP contribution in [0.2, 0.25) is 0 Å². The third-order valence-corrected chi connectivity index (χ3v) is 3.38. The maximum absolute atomic E-state index is 6.08. The number of piperidine rings is 1. The van der Waals surface area contributed by atoms with E-state index in [9.17, 15) is 0 Å². The van der Waals surface area contributed by atoms with Crippen LogP contribution in [0.15, 0.2) is 0 Å². The summed E-state index contributed by atoms with van der Waals surface area (Å²) in [5, 5.41) is 3.30. The molecule has 2 rings (SSSR count). The van der Waals surface area contributed by atoms with E-state index in [1.807, 2.05) is 13.8 Å². The van der Waals surface area contributed by atoms with Crippen molar-refractivity contribution >= 4 is 0 Å². The van der Waals surface area contributed by atoms with Gasteiger partial charge in [-0.2, -0.15) is 0 Å². The molecule has 2 aliphatic rings. The first-order valence-electron chi connectivity index (χ1n) is 6.98. The number of hydrogen-bond acceptors (Lipinski definition) is 3. The summed E-state index contributed by atoms with van der Waals surface area (Å²) in [5.74, 6) is 0. The van der Waals surface area contributed by atoms with E-state index >= 15 is 0 Å². The molecule has 2 fully saturated rings. The molecular formula is C13H28N2O. The van der Waals surface area contributed by atoms with Crippen molar-refractivity contribution in [3.05, 3.63) is 0 Å². The molecule has 96 valence electrons. The van der Waals surface area contributed by atoms with Gasteiger partial charge in [0.2, 0.25) is 0 Å². The van der Waals surface area contributed by atoms with Gasteiger partial charge in [0.25, 0.3) is 0 Å². The molecule has 0 aromatic heterocycles. The molecule has 0 aromatic rings.